The van der Waals surface area contributed by atoms with Gasteiger partial charge in [0.05, 0.1) is 5.69 Å². The van der Waals surface area contributed by atoms with Gasteiger partial charge in [-0.25, -0.2) is 4.98 Å². The summed E-state index contributed by atoms with van der Waals surface area (Å²) >= 11 is 1.48. The van der Waals surface area contributed by atoms with Crippen LogP contribution in [-0.4, -0.2) is 20.7 Å². The van der Waals surface area contributed by atoms with Gasteiger partial charge in [-0.05, 0) is 19.9 Å². The number of nitrogens with one attached hydrogen (secondary N) is 1. The molecule has 2 aromatic rings. The summed E-state index contributed by atoms with van der Waals surface area (Å²) in [5.74, 6) is -0.113. The average Bonchev–Trinajstić information content (AvgIpc) is 2.78. The van der Waals surface area contributed by atoms with Crippen LogP contribution in [0.1, 0.15) is 10.6 Å². The van der Waals surface area contributed by atoms with Gasteiger partial charge < -0.3 is 5.32 Å². The van der Waals surface area contributed by atoms with Gasteiger partial charge in [-0.1, -0.05) is 0 Å². The SMILES string of the molecule is Cc1nc(NC(=O)Cn2cccn2)sc1C. The fourth-order valence-corrected chi connectivity index (χ4v) is 2.06. The van der Waals surface area contributed by atoms with Crippen molar-refractivity contribution in [2.45, 2.75) is 20.4 Å². The molecule has 0 saturated heterocycles. The first-order chi connectivity index (χ1) is 7.65. The molecule has 2 heterocycles. The Morgan fingerprint density at radius 1 is 1.56 bits per heavy atom. The summed E-state index contributed by atoms with van der Waals surface area (Å²) in [7, 11) is 0. The summed E-state index contributed by atoms with van der Waals surface area (Å²) in [6.07, 6.45) is 3.39. The molecule has 6 heteroatoms. The molecule has 0 atom stereocenters. The molecule has 1 N–H and O–H groups in total. The normalized spacial score (nSPS) is 10.4. The van der Waals surface area contributed by atoms with Gasteiger partial charge >= 0.3 is 0 Å². The molecule has 0 unspecified atom stereocenters. The minimum Gasteiger partial charge on any atom is -0.300 e. The highest BCUT2D eigenvalue weighted by atomic mass is 32.1. The first-order valence-corrected chi connectivity index (χ1v) is 5.68. The molecule has 0 radical (unpaired) electrons. The Bertz CT molecular complexity index is 469. The van der Waals surface area contributed by atoms with Crippen LogP contribution < -0.4 is 5.32 Å². The number of anilines is 1. The first-order valence-electron chi connectivity index (χ1n) is 4.86. The standard InChI is InChI=1S/C10H12N4OS/c1-7-8(2)16-10(12-7)13-9(15)6-14-5-3-4-11-14/h3-5H,6H2,1-2H3,(H,12,13,15). The van der Waals surface area contributed by atoms with E-state index >= 15 is 0 Å². The van der Waals surface area contributed by atoms with E-state index in [1.807, 2.05) is 13.8 Å². The molecule has 0 fully saturated rings. The van der Waals surface area contributed by atoms with Crippen molar-refractivity contribution in [2.75, 3.05) is 5.32 Å². The fourth-order valence-electron chi connectivity index (χ4n) is 1.23. The average molecular weight is 236 g/mol. The second kappa shape index (κ2) is 4.44. The van der Waals surface area contributed by atoms with E-state index in [9.17, 15) is 4.79 Å². The van der Waals surface area contributed by atoms with Crippen molar-refractivity contribution in [1.29, 1.82) is 0 Å². The lowest BCUT2D eigenvalue weighted by Crippen LogP contribution is -2.18. The van der Waals surface area contributed by atoms with Crippen LogP contribution >= 0.6 is 11.3 Å². The maximum atomic E-state index is 11.6. The smallest absolute Gasteiger partial charge is 0.247 e. The molecule has 2 rings (SSSR count). The van der Waals surface area contributed by atoms with Crippen LogP contribution in [0.15, 0.2) is 18.5 Å². The van der Waals surface area contributed by atoms with Crippen LogP contribution in [0.4, 0.5) is 5.13 Å². The molecular formula is C10H12N4OS. The number of hydrogen-bond donors (Lipinski definition) is 1. The Labute approximate surface area is 97.1 Å². The first kappa shape index (κ1) is 10.8. The monoisotopic (exact) mass is 236 g/mol. The topological polar surface area (TPSA) is 59.8 Å². The summed E-state index contributed by atoms with van der Waals surface area (Å²) in [5, 5.41) is 7.35. The summed E-state index contributed by atoms with van der Waals surface area (Å²) in [5.41, 5.74) is 0.958. The highest BCUT2D eigenvalue weighted by molar-refractivity contribution is 7.15. The Morgan fingerprint density at radius 2 is 2.38 bits per heavy atom. The van der Waals surface area contributed by atoms with Gasteiger partial charge in [0, 0.05) is 17.3 Å². The molecule has 2 aromatic heterocycles. The highest BCUT2D eigenvalue weighted by Gasteiger charge is 2.08. The number of carbonyl (C=O) groups is 1. The highest BCUT2D eigenvalue weighted by Crippen LogP contribution is 2.20. The van der Waals surface area contributed by atoms with E-state index in [2.05, 4.69) is 15.4 Å². The van der Waals surface area contributed by atoms with Gasteiger partial charge in [-0.2, -0.15) is 5.10 Å². The third-order valence-corrected chi connectivity index (χ3v) is 3.13. The molecule has 0 aliphatic rings. The lowest BCUT2D eigenvalue weighted by Gasteiger charge is -2.01. The molecule has 0 spiro atoms. The van der Waals surface area contributed by atoms with Crippen LogP contribution in [0, 0.1) is 13.8 Å². The summed E-state index contributed by atoms with van der Waals surface area (Å²) < 4.78 is 1.57. The molecule has 0 bridgehead atoms. The fraction of sp³-hybridized carbons (Fsp3) is 0.300. The third kappa shape index (κ3) is 2.46. The lowest BCUT2D eigenvalue weighted by molar-refractivity contribution is -0.116. The zero-order chi connectivity index (χ0) is 11.5. The van der Waals surface area contributed by atoms with E-state index in [4.69, 9.17) is 0 Å². The van der Waals surface area contributed by atoms with Crippen LogP contribution in [-0.2, 0) is 11.3 Å². The van der Waals surface area contributed by atoms with Crippen molar-refractivity contribution in [3.05, 3.63) is 29.0 Å². The molecular weight excluding hydrogens is 224 g/mol. The van der Waals surface area contributed by atoms with Gasteiger partial charge in [0.2, 0.25) is 5.91 Å². The summed E-state index contributed by atoms with van der Waals surface area (Å²) in [6, 6.07) is 1.78. The maximum Gasteiger partial charge on any atom is 0.247 e. The number of rotatable bonds is 3. The van der Waals surface area contributed by atoms with Crippen molar-refractivity contribution in [1.82, 2.24) is 14.8 Å². The number of hydrogen-bond acceptors (Lipinski definition) is 4. The van der Waals surface area contributed by atoms with Crippen molar-refractivity contribution in [3.8, 4) is 0 Å². The van der Waals surface area contributed by atoms with Crippen LogP contribution in [0.5, 0.6) is 0 Å². The second-order valence-corrected chi connectivity index (χ2v) is 4.62. The molecule has 0 saturated carbocycles. The van der Waals surface area contributed by atoms with Crippen molar-refractivity contribution < 1.29 is 4.79 Å². The Balaban J connectivity index is 1.97. The van der Waals surface area contributed by atoms with Crippen molar-refractivity contribution in [2.24, 2.45) is 0 Å². The van der Waals surface area contributed by atoms with Crippen LogP contribution in [0.2, 0.25) is 0 Å². The van der Waals surface area contributed by atoms with E-state index in [1.165, 1.54) is 11.3 Å². The minimum absolute atomic E-state index is 0.113. The predicted molar refractivity (Wildman–Crippen MR) is 62.4 cm³/mol. The van der Waals surface area contributed by atoms with Gasteiger partial charge in [0.1, 0.15) is 6.54 Å². The van der Waals surface area contributed by atoms with E-state index < -0.39 is 0 Å². The zero-order valence-electron chi connectivity index (χ0n) is 9.10. The van der Waals surface area contributed by atoms with E-state index in [-0.39, 0.29) is 12.5 Å². The minimum atomic E-state index is -0.113. The molecule has 0 aromatic carbocycles. The van der Waals surface area contributed by atoms with Crippen LogP contribution in [0.3, 0.4) is 0 Å². The molecule has 0 aliphatic heterocycles. The van der Waals surface area contributed by atoms with E-state index in [1.54, 1.807) is 23.1 Å². The van der Waals surface area contributed by atoms with Gasteiger partial charge in [-0.15, -0.1) is 11.3 Å². The maximum absolute atomic E-state index is 11.6. The van der Waals surface area contributed by atoms with Crippen molar-refractivity contribution in [3.63, 3.8) is 0 Å². The lowest BCUT2D eigenvalue weighted by atomic mass is 10.4. The Hall–Kier alpha value is -1.69. The predicted octanol–water partition coefficient (Wildman–Crippen LogP) is 1.60. The number of aromatic nitrogens is 3. The molecule has 84 valence electrons. The van der Waals surface area contributed by atoms with E-state index in [0.29, 0.717) is 5.13 Å². The van der Waals surface area contributed by atoms with Crippen LogP contribution in [0.25, 0.3) is 0 Å². The second-order valence-electron chi connectivity index (χ2n) is 3.41. The molecule has 16 heavy (non-hydrogen) atoms. The van der Waals surface area contributed by atoms with E-state index in [0.717, 1.165) is 10.6 Å². The number of aryl methyl sites for hydroxylation is 2. The number of nitrogens with zero attached hydrogens (tertiary/aromatic N) is 3. The number of carbonyl (C=O) groups excluding carboxylic acids is 1. The van der Waals surface area contributed by atoms with Gasteiger partial charge in [-0.3, -0.25) is 9.48 Å². The largest absolute Gasteiger partial charge is 0.300 e. The molecule has 5 nitrogen and oxygen atoms in total. The quantitative estimate of drug-likeness (QED) is 0.880. The Kier molecular flexibility index (Phi) is 3.00. The molecule has 1 amide bonds. The molecule has 0 aliphatic carbocycles. The number of amides is 1. The van der Waals surface area contributed by atoms with Gasteiger partial charge in [0.15, 0.2) is 5.13 Å². The summed E-state index contributed by atoms with van der Waals surface area (Å²) in [6.45, 7) is 4.12. The number of thiazole rings is 1. The van der Waals surface area contributed by atoms with Gasteiger partial charge in [0.25, 0.3) is 0 Å². The zero-order valence-corrected chi connectivity index (χ0v) is 9.91. The summed E-state index contributed by atoms with van der Waals surface area (Å²) in [4.78, 5) is 17.0. The third-order valence-electron chi connectivity index (χ3n) is 2.14. The van der Waals surface area contributed by atoms with Crippen molar-refractivity contribution >= 4 is 22.4 Å². The Morgan fingerprint density at radius 3 is 2.94 bits per heavy atom.